The Bertz CT molecular complexity index is 1390. The van der Waals surface area contributed by atoms with Gasteiger partial charge in [-0.15, -0.1) is 11.8 Å². The molecule has 1 aromatic heterocycles. The molecule has 10 heteroatoms. The van der Waals surface area contributed by atoms with Gasteiger partial charge in [0.05, 0.1) is 42.4 Å². The second kappa shape index (κ2) is 10.9. The van der Waals surface area contributed by atoms with Crippen LogP contribution in [0, 0.1) is 11.3 Å². The Morgan fingerprint density at radius 2 is 2.14 bits per heavy atom. The Morgan fingerprint density at radius 1 is 1.24 bits per heavy atom. The molecule has 0 unspecified atom stereocenters. The number of amides is 2. The van der Waals surface area contributed by atoms with E-state index in [1.54, 1.807) is 17.0 Å². The molecule has 1 atom stereocenters. The monoisotopic (exact) mass is 515 g/mol. The van der Waals surface area contributed by atoms with Crippen molar-refractivity contribution in [1.82, 2.24) is 10.3 Å². The highest BCUT2D eigenvalue weighted by atomic mass is 32.2. The summed E-state index contributed by atoms with van der Waals surface area (Å²) >= 11 is 1.49. The van der Waals surface area contributed by atoms with Crippen LogP contribution in [-0.2, 0) is 16.1 Å². The van der Waals surface area contributed by atoms with Crippen molar-refractivity contribution in [2.75, 3.05) is 36.2 Å². The molecule has 188 valence electrons. The number of pyridine rings is 1. The predicted molar refractivity (Wildman–Crippen MR) is 141 cm³/mol. The van der Waals surface area contributed by atoms with Crippen LogP contribution in [-0.4, -0.2) is 49.0 Å². The predicted octanol–water partition coefficient (Wildman–Crippen LogP) is 4.18. The topological polar surface area (TPSA) is 117 Å². The standard InChI is InChI=1S/C27H25N5O4S/c1-35-26-11-18(13-28)10-22(31-26)19-4-2-3-17(9-19)14-29-8-7-21-15-32(27(34)36-21)20-5-6-24-23(12-20)30-25(33)16-37-24/h2-6,9-12,21,29H,7-8,14-16H2,1H3,(H,30,33)/t21-/m1/s1. The number of methoxy groups -OCH3 is 1. The second-order valence-corrected chi connectivity index (χ2v) is 9.71. The summed E-state index contributed by atoms with van der Waals surface area (Å²) in [4.78, 5) is 31.3. The molecule has 3 aromatic rings. The first-order chi connectivity index (χ1) is 18.0. The molecule has 0 saturated carbocycles. The van der Waals surface area contributed by atoms with Gasteiger partial charge in [-0.05, 0) is 48.9 Å². The quantitative estimate of drug-likeness (QED) is 0.429. The Morgan fingerprint density at radius 3 is 2.97 bits per heavy atom. The van der Waals surface area contributed by atoms with Gasteiger partial charge in [0.15, 0.2) is 0 Å². The van der Waals surface area contributed by atoms with Crippen molar-refractivity contribution in [3.8, 4) is 23.2 Å². The van der Waals surface area contributed by atoms with Gasteiger partial charge in [0, 0.05) is 28.8 Å². The zero-order valence-corrected chi connectivity index (χ0v) is 21.0. The number of benzene rings is 2. The summed E-state index contributed by atoms with van der Waals surface area (Å²) in [6.45, 7) is 1.76. The number of cyclic esters (lactones) is 1. The van der Waals surface area contributed by atoms with Crippen molar-refractivity contribution < 1.29 is 19.1 Å². The Hall–Kier alpha value is -4.07. The Balaban J connectivity index is 1.15. The summed E-state index contributed by atoms with van der Waals surface area (Å²) in [7, 11) is 1.53. The van der Waals surface area contributed by atoms with Gasteiger partial charge in [0.1, 0.15) is 6.10 Å². The first kappa shape index (κ1) is 24.6. The van der Waals surface area contributed by atoms with Crippen LogP contribution in [0.3, 0.4) is 0 Å². The first-order valence-electron chi connectivity index (χ1n) is 11.8. The number of nitrogens with one attached hydrogen (secondary N) is 2. The minimum absolute atomic E-state index is 0.0418. The molecule has 2 aliphatic heterocycles. The molecule has 2 N–H and O–H groups in total. The van der Waals surface area contributed by atoms with E-state index in [9.17, 15) is 14.9 Å². The lowest BCUT2D eigenvalue weighted by molar-refractivity contribution is -0.113. The number of thioether (sulfide) groups is 1. The van der Waals surface area contributed by atoms with Gasteiger partial charge in [0.25, 0.3) is 0 Å². The second-order valence-electron chi connectivity index (χ2n) is 8.69. The van der Waals surface area contributed by atoms with Crippen LogP contribution in [0.25, 0.3) is 11.3 Å². The van der Waals surface area contributed by atoms with Crippen molar-refractivity contribution in [2.45, 2.75) is 24.0 Å². The molecule has 3 heterocycles. The molecule has 1 fully saturated rings. The Labute approximate surface area is 218 Å². The molecule has 0 bridgehead atoms. The maximum Gasteiger partial charge on any atom is 0.414 e. The van der Waals surface area contributed by atoms with Gasteiger partial charge in [-0.1, -0.05) is 18.2 Å². The molecule has 9 nitrogen and oxygen atoms in total. The average molecular weight is 516 g/mol. The van der Waals surface area contributed by atoms with Gasteiger partial charge in [-0.3, -0.25) is 9.69 Å². The molecule has 2 amide bonds. The zero-order valence-electron chi connectivity index (χ0n) is 20.2. The molecular weight excluding hydrogens is 490 g/mol. The van der Waals surface area contributed by atoms with Gasteiger partial charge in [-0.2, -0.15) is 5.26 Å². The van der Waals surface area contributed by atoms with Gasteiger partial charge >= 0.3 is 6.09 Å². The number of carbonyl (C=O) groups is 2. The summed E-state index contributed by atoms with van der Waals surface area (Å²) < 4.78 is 10.8. The van der Waals surface area contributed by atoms with Crippen molar-refractivity contribution in [1.29, 1.82) is 5.26 Å². The number of ether oxygens (including phenoxy) is 2. The molecule has 0 spiro atoms. The number of aromatic nitrogens is 1. The van der Waals surface area contributed by atoms with Crippen molar-refractivity contribution >= 4 is 35.1 Å². The van der Waals surface area contributed by atoms with E-state index in [0.717, 1.165) is 21.7 Å². The zero-order chi connectivity index (χ0) is 25.8. The van der Waals surface area contributed by atoms with E-state index in [1.165, 1.54) is 18.9 Å². The molecule has 5 rings (SSSR count). The van der Waals surface area contributed by atoms with Crippen LogP contribution >= 0.6 is 11.8 Å². The molecule has 2 aromatic carbocycles. The van der Waals surface area contributed by atoms with Crippen LogP contribution < -0.4 is 20.3 Å². The summed E-state index contributed by atoms with van der Waals surface area (Å²) in [6.07, 6.45) is 0.0642. The lowest BCUT2D eigenvalue weighted by Gasteiger charge is -2.20. The summed E-state index contributed by atoms with van der Waals surface area (Å²) in [5.74, 6) is 0.758. The maximum absolute atomic E-state index is 12.5. The van der Waals surface area contributed by atoms with Crippen molar-refractivity contribution in [2.24, 2.45) is 0 Å². The van der Waals surface area contributed by atoms with Gasteiger partial charge in [-0.25, -0.2) is 9.78 Å². The molecule has 2 aliphatic rings. The first-order valence-corrected chi connectivity index (χ1v) is 12.8. The molecule has 0 aliphatic carbocycles. The molecule has 37 heavy (non-hydrogen) atoms. The largest absolute Gasteiger partial charge is 0.481 e. The van der Waals surface area contributed by atoms with E-state index in [2.05, 4.69) is 21.7 Å². The normalized spacial score (nSPS) is 16.5. The number of carbonyl (C=O) groups excluding carboxylic acids is 2. The highest BCUT2D eigenvalue weighted by Gasteiger charge is 2.32. The fourth-order valence-electron chi connectivity index (χ4n) is 4.28. The number of hydrogen-bond acceptors (Lipinski definition) is 8. The molecule has 1 saturated heterocycles. The summed E-state index contributed by atoms with van der Waals surface area (Å²) in [6, 6.07) is 19.1. The van der Waals surface area contributed by atoms with Crippen LogP contribution in [0.2, 0.25) is 0 Å². The lowest BCUT2D eigenvalue weighted by atomic mass is 10.1. The number of fused-ring (bicyclic) bond motifs is 1. The maximum atomic E-state index is 12.5. The number of anilines is 2. The summed E-state index contributed by atoms with van der Waals surface area (Å²) in [5, 5.41) is 15.5. The van der Waals surface area contributed by atoms with E-state index in [4.69, 9.17) is 9.47 Å². The van der Waals surface area contributed by atoms with E-state index in [0.29, 0.717) is 54.6 Å². The third-order valence-electron chi connectivity index (χ3n) is 6.12. The SMILES string of the molecule is COc1cc(C#N)cc(-c2cccc(CNCC[C@@H]3CN(c4ccc5c(c4)NC(=O)CS5)C(=O)O3)c2)n1. The van der Waals surface area contributed by atoms with Crippen LogP contribution in [0.1, 0.15) is 17.5 Å². The van der Waals surface area contributed by atoms with Crippen LogP contribution in [0.15, 0.2) is 59.5 Å². The highest BCUT2D eigenvalue weighted by Crippen LogP contribution is 2.35. The minimum atomic E-state index is -0.380. The molecule has 0 radical (unpaired) electrons. The summed E-state index contributed by atoms with van der Waals surface area (Å²) in [5.41, 5.74) is 4.58. The third-order valence-corrected chi connectivity index (χ3v) is 7.19. The Kier molecular flexibility index (Phi) is 7.25. The van der Waals surface area contributed by atoms with Crippen LogP contribution in [0.5, 0.6) is 5.88 Å². The number of hydrogen-bond donors (Lipinski definition) is 2. The highest BCUT2D eigenvalue weighted by molar-refractivity contribution is 8.00. The third kappa shape index (κ3) is 5.69. The number of nitriles is 1. The van der Waals surface area contributed by atoms with E-state index in [-0.39, 0.29) is 18.1 Å². The average Bonchev–Trinajstić information content (AvgIpc) is 3.30. The lowest BCUT2D eigenvalue weighted by Crippen LogP contribution is -2.26. The van der Waals surface area contributed by atoms with Gasteiger partial charge in [0.2, 0.25) is 11.8 Å². The van der Waals surface area contributed by atoms with Crippen molar-refractivity contribution in [3.05, 3.63) is 65.7 Å². The van der Waals surface area contributed by atoms with E-state index >= 15 is 0 Å². The van der Waals surface area contributed by atoms with E-state index in [1.807, 2.05) is 42.5 Å². The fourth-order valence-corrected chi connectivity index (χ4v) is 5.07. The van der Waals surface area contributed by atoms with Gasteiger partial charge < -0.3 is 20.1 Å². The molecular formula is C27H25N5O4S. The smallest absolute Gasteiger partial charge is 0.414 e. The van der Waals surface area contributed by atoms with E-state index < -0.39 is 0 Å². The number of rotatable bonds is 8. The van der Waals surface area contributed by atoms with Crippen LogP contribution in [0.4, 0.5) is 16.2 Å². The fraction of sp³-hybridized carbons (Fsp3) is 0.259. The minimum Gasteiger partial charge on any atom is -0.481 e. The number of nitrogens with zero attached hydrogens (tertiary/aromatic N) is 3. The van der Waals surface area contributed by atoms with Crippen molar-refractivity contribution in [3.63, 3.8) is 0 Å².